The zero-order chi connectivity index (χ0) is 14.1. The van der Waals surface area contributed by atoms with E-state index in [1.54, 1.807) is 17.0 Å². The average molecular weight is 304 g/mol. The lowest BCUT2D eigenvalue weighted by Crippen LogP contribution is -2.30. The van der Waals surface area contributed by atoms with Gasteiger partial charge in [0, 0.05) is 12.1 Å². The Labute approximate surface area is 128 Å². The smallest absolute Gasteiger partial charge is 0.335 e. The molecule has 1 heterocycles. The second-order valence-corrected chi connectivity index (χ2v) is 4.71. The molecule has 2 aromatic rings. The fraction of sp³-hybridized carbons (Fsp3) is 0.125. The first-order valence-electron chi connectivity index (χ1n) is 6.41. The van der Waals surface area contributed by atoms with E-state index in [0.29, 0.717) is 12.1 Å². The maximum atomic E-state index is 12.2. The summed E-state index contributed by atoms with van der Waals surface area (Å²) in [6, 6.07) is 14.2. The van der Waals surface area contributed by atoms with E-state index < -0.39 is 5.97 Å². The van der Waals surface area contributed by atoms with Crippen LogP contribution < -0.4 is 4.90 Å². The zero-order valence-corrected chi connectivity index (χ0v) is 12.0. The summed E-state index contributed by atoms with van der Waals surface area (Å²) in [7, 11) is 0. The lowest BCUT2D eigenvalue weighted by atomic mass is 10.0. The van der Waals surface area contributed by atoms with Gasteiger partial charge in [-0.25, -0.2) is 4.79 Å². The monoisotopic (exact) mass is 303 g/mol. The number of carboxylic acid groups (broad SMARTS) is 1. The minimum atomic E-state index is -0.970. The Morgan fingerprint density at radius 1 is 1.00 bits per heavy atom. The van der Waals surface area contributed by atoms with Crippen LogP contribution in [-0.4, -0.2) is 17.0 Å². The number of carbonyl (C=O) groups is 2. The first-order chi connectivity index (χ1) is 9.66. The van der Waals surface area contributed by atoms with Gasteiger partial charge in [-0.3, -0.25) is 9.69 Å². The number of amides is 1. The summed E-state index contributed by atoms with van der Waals surface area (Å²) in [5.41, 5.74) is 2.93. The van der Waals surface area contributed by atoms with Gasteiger partial charge >= 0.3 is 5.97 Å². The minimum Gasteiger partial charge on any atom is -0.478 e. The SMILES string of the molecule is Cl.O=C(O)c1ccc(N2C(=O)CCc3ccccc32)cc1. The van der Waals surface area contributed by atoms with E-state index in [9.17, 15) is 9.59 Å². The van der Waals surface area contributed by atoms with Crippen molar-refractivity contribution in [2.24, 2.45) is 0 Å². The molecule has 2 aromatic carbocycles. The van der Waals surface area contributed by atoms with Gasteiger partial charge in [0.1, 0.15) is 0 Å². The zero-order valence-electron chi connectivity index (χ0n) is 11.2. The Bertz CT molecular complexity index is 682. The van der Waals surface area contributed by atoms with Crippen LogP contribution in [0, 0.1) is 0 Å². The number of anilines is 2. The van der Waals surface area contributed by atoms with E-state index >= 15 is 0 Å². The molecule has 21 heavy (non-hydrogen) atoms. The van der Waals surface area contributed by atoms with E-state index in [4.69, 9.17) is 5.11 Å². The Kier molecular flexibility index (Phi) is 4.29. The summed E-state index contributed by atoms with van der Waals surface area (Å²) < 4.78 is 0. The number of hydrogen-bond acceptors (Lipinski definition) is 2. The summed E-state index contributed by atoms with van der Waals surface area (Å²) in [6.45, 7) is 0. The van der Waals surface area contributed by atoms with Crippen LogP contribution in [0.2, 0.25) is 0 Å². The number of fused-ring (bicyclic) bond motifs is 1. The molecule has 0 saturated carbocycles. The van der Waals surface area contributed by atoms with Crippen LogP contribution in [0.4, 0.5) is 11.4 Å². The molecule has 3 rings (SSSR count). The number of nitrogens with zero attached hydrogens (tertiary/aromatic N) is 1. The number of benzene rings is 2. The van der Waals surface area contributed by atoms with Gasteiger partial charge < -0.3 is 5.11 Å². The van der Waals surface area contributed by atoms with Gasteiger partial charge in [-0.2, -0.15) is 0 Å². The first kappa shape index (κ1) is 15.1. The van der Waals surface area contributed by atoms with E-state index in [-0.39, 0.29) is 23.9 Å². The maximum Gasteiger partial charge on any atom is 0.335 e. The van der Waals surface area contributed by atoms with Crippen molar-refractivity contribution in [1.29, 1.82) is 0 Å². The maximum absolute atomic E-state index is 12.2. The molecule has 0 aromatic heterocycles. The van der Waals surface area contributed by atoms with Crippen LogP contribution in [-0.2, 0) is 11.2 Å². The molecule has 0 bridgehead atoms. The highest BCUT2D eigenvalue weighted by atomic mass is 35.5. The molecule has 4 nitrogen and oxygen atoms in total. The molecule has 1 amide bonds. The molecule has 0 aliphatic carbocycles. The van der Waals surface area contributed by atoms with Crippen LogP contribution in [0.1, 0.15) is 22.3 Å². The van der Waals surface area contributed by atoms with E-state index in [1.807, 2.05) is 24.3 Å². The van der Waals surface area contributed by atoms with Crippen LogP contribution >= 0.6 is 12.4 Å². The number of aromatic carboxylic acids is 1. The summed E-state index contributed by atoms with van der Waals surface area (Å²) >= 11 is 0. The van der Waals surface area contributed by atoms with Gasteiger partial charge in [-0.15, -0.1) is 12.4 Å². The lowest BCUT2D eigenvalue weighted by molar-refractivity contribution is -0.118. The number of para-hydroxylation sites is 1. The molecule has 1 N–H and O–H groups in total. The first-order valence-corrected chi connectivity index (χ1v) is 6.41. The molecule has 0 unspecified atom stereocenters. The largest absolute Gasteiger partial charge is 0.478 e. The van der Waals surface area contributed by atoms with Crippen molar-refractivity contribution in [3.05, 3.63) is 59.7 Å². The highest BCUT2D eigenvalue weighted by molar-refractivity contribution is 6.03. The summed E-state index contributed by atoms with van der Waals surface area (Å²) in [5.74, 6) is -0.936. The van der Waals surface area contributed by atoms with Crippen LogP contribution in [0.25, 0.3) is 0 Å². The van der Waals surface area contributed by atoms with Crippen molar-refractivity contribution in [3.63, 3.8) is 0 Å². The Hall–Kier alpha value is -2.33. The predicted molar refractivity (Wildman–Crippen MR) is 82.6 cm³/mol. The fourth-order valence-corrected chi connectivity index (χ4v) is 2.46. The normalized spacial score (nSPS) is 13.3. The van der Waals surface area contributed by atoms with Crippen molar-refractivity contribution in [2.75, 3.05) is 4.90 Å². The van der Waals surface area contributed by atoms with Crippen LogP contribution in [0.15, 0.2) is 48.5 Å². The Morgan fingerprint density at radius 3 is 2.33 bits per heavy atom. The summed E-state index contributed by atoms with van der Waals surface area (Å²) in [4.78, 5) is 24.7. The van der Waals surface area contributed by atoms with Gasteiger partial charge in [0.2, 0.25) is 5.91 Å². The minimum absolute atomic E-state index is 0. The van der Waals surface area contributed by atoms with E-state index in [2.05, 4.69) is 0 Å². The van der Waals surface area contributed by atoms with E-state index in [0.717, 1.165) is 17.7 Å². The Morgan fingerprint density at radius 2 is 1.67 bits per heavy atom. The molecule has 1 aliphatic rings. The number of carbonyl (C=O) groups excluding carboxylic acids is 1. The summed E-state index contributed by atoms with van der Waals surface area (Å²) in [5, 5.41) is 8.92. The highest BCUT2D eigenvalue weighted by Crippen LogP contribution is 2.33. The standard InChI is InChI=1S/C16H13NO3.ClH/c18-15-10-7-11-3-1-2-4-14(11)17(15)13-8-5-12(6-9-13)16(19)20;/h1-6,8-9H,7,10H2,(H,19,20);1H. The predicted octanol–water partition coefficient (Wildman–Crippen LogP) is 3.42. The Balaban J connectivity index is 0.00000161. The van der Waals surface area contributed by atoms with Crippen molar-refractivity contribution >= 4 is 35.7 Å². The molecule has 0 spiro atoms. The topological polar surface area (TPSA) is 57.6 Å². The summed E-state index contributed by atoms with van der Waals surface area (Å²) in [6.07, 6.45) is 1.22. The molecule has 0 saturated heterocycles. The number of carboxylic acids is 1. The van der Waals surface area contributed by atoms with Crippen LogP contribution in [0.5, 0.6) is 0 Å². The van der Waals surface area contributed by atoms with Crippen molar-refractivity contribution < 1.29 is 14.7 Å². The molecule has 5 heteroatoms. The lowest BCUT2D eigenvalue weighted by Gasteiger charge is -2.29. The van der Waals surface area contributed by atoms with Crippen molar-refractivity contribution in [2.45, 2.75) is 12.8 Å². The molecular formula is C16H14ClNO3. The quantitative estimate of drug-likeness (QED) is 0.925. The van der Waals surface area contributed by atoms with Crippen molar-refractivity contribution in [1.82, 2.24) is 0 Å². The van der Waals surface area contributed by atoms with Gasteiger partial charge in [-0.05, 0) is 42.3 Å². The second kappa shape index (κ2) is 5.97. The number of aryl methyl sites for hydroxylation is 1. The van der Waals surface area contributed by atoms with Gasteiger partial charge in [-0.1, -0.05) is 18.2 Å². The second-order valence-electron chi connectivity index (χ2n) is 4.71. The average Bonchev–Trinajstić information content (AvgIpc) is 2.47. The molecule has 0 atom stereocenters. The van der Waals surface area contributed by atoms with Crippen molar-refractivity contribution in [3.8, 4) is 0 Å². The molecule has 0 radical (unpaired) electrons. The van der Waals surface area contributed by atoms with E-state index in [1.165, 1.54) is 12.1 Å². The third kappa shape index (κ3) is 2.76. The number of hydrogen-bond donors (Lipinski definition) is 1. The van der Waals surface area contributed by atoms with Gasteiger partial charge in [0.05, 0.1) is 11.3 Å². The van der Waals surface area contributed by atoms with Gasteiger partial charge in [0.15, 0.2) is 0 Å². The number of halogens is 1. The van der Waals surface area contributed by atoms with Crippen LogP contribution in [0.3, 0.4) is 0 Å². The highest BCUT2D eigenvalue weighted by Gasteiger charge is 2.25. The van der Waals surface area contributed by atoms with Gasteiger partial charge in [0.25, 0.3) is 0 Å². The molecule has 108 valence electrons. The number of rotatable bonds is 2. The third-order valence-corrected chi connectivity index (χ3v) is 3.46. The molecular weight excluding hydrogens is 290 g/mol. The third-order valence-electron chi connectivity index (χ3n) is 3.46. The molecule has 1 aliphatic heterocycles. The fourth-order valence-electron chi connectivity index (χ4n) is 2.46. The molecule has 0 fully saturated rings.